The molecule has 0 aliphatic heterocycles. The van der Waals surface area contributed by atoms with Gasteiger partial charge >= 0.3 is 5.97 Å². The fourth-order valence-electron chi connectivity index (χ4n) is 2.00. The molecule has 0 heterocycles. The summed E-state index contributed by atoms with van der Waals surface area (Å²) in [5.41, 5.74) is 11.8. The third-order valence-corrected chi connectivity index (χ3v) is 2.72. The topological polar surface area (TPSA) is 78.3 Å². The molecule has 0 radical (unpaired) electrons. The van der Waals surface area contributed by atoms with Gasteiger partial charge in [-0.2, -0.15) is 0 Å². The predicted molar refractivity (Wildman–Crippen MR) is 63.4 cm³/mol. The summed E-state index contributed by atoms with van der Waals surface area (Å²) in [6.45, 7) is 5.58. The van der Waals surface area contributed by atoms with Crippen LogP contribution in [0.3, 0.4) is 0 Å². The lowest BCUT2D eigenvalue weighted by molar-refractivity contribution is -0.159. The number of carbonyl (C=O) groups excluding carboxylic acids is 1. The van der Waals surface area contributed by atoms with E-state index in [1.165, 1.54) is 6.20 Å². The first-order chi connectivity index (χ1) is 7.35. The molecule has 0 spiro atoms. The number of esters is 1. The van der Waals surface area contributed by atoms with E-state index >= 15 is 0 Å². The van der Waals surface area contributed by atoms with E-state index in [9.17, 15) is 4.79 Å². The molecule has 4 N–H and O–H groups in total. The number of rotatable bonds is 1. The summed E-state index contributed by atoms with van der Waals surface area (Å²) in [4.78, 5) is 12.0. The van der Waals surface area contributed by atoms with Crippen molar-refractivity contribution in [2.45, 2.75) is 51.7 Å². The van der Waals surface area contributed by atoms with Crippen molar-refractivity contribution in [2.75, 3.05) is 0 Å². The molecule has 1 fully saturated rings. The van der Waals surface area contributed by atoms with Gasteiger partial charge in [-0.05, 0) is 45.4 Å². The van der Waals surface area contributed by atoms with Crippen molar-refractivity contribution in [1.29, 1.82) is 0 Å². The molecule has 16 heavy (non-hydrogen) atoms. The van der Waals surface area contributed by atoms with E-state index in [4.69, 9.17) is 16.2 Å². The Bertz CT molecular complexity index is 292. The molecular weight excluding hydrogens is 204 g/mol. The van der Waals surface area contributed by atoms with Crippen molar-refractivity contribution in [1.82, 2.24) is 0 Å². The quantitative estimate of drug-likeness (QED) is 0.660. The zero-order chi connectivity index (χ0) is 12.3. The van der Waals surface area contributed by atoms with Gasteiger partial charge in [-0.1, -0.05) is 6.42 Å². The fourth-order valence-corrected chi connectivity index (χ4v) is 2.00. The Kier molecular flexibility index (Phi) is 3.97. The zero-order valence-electron chi connectivity index (χ0n) is 10.3. The maximum absolute atomic E-state index is 12.0. The van der Waals surface area contributed by atoms with Crippen molar-refractivity contribution >= 4 is 5.97 Å². The van der Waals surface area contributed by atoms with Gasteiger partial charge in [-0.25, -0.2) is 0 Å². The second-order valence-corrected chi connectivity index (χ2v) is 5.29. The van der Waals surface area contributed by atoms with Gasteiger partial charge in [0.15, 0.2) is 0 Å². The Labute approximate surface area is 97.0 Å². The minimum absolute atomic E-state index is 0.101. The van der Waals surface area contributed by atoms with Crippen LogP contribution in [0.5, 0.6) is 0 Å². The van der Waals surface area contributed by atoms with E-state index in [1.807, 2.05) is 20.8 Å². The average Bonchev–Trinajstić information content (AvgIpc) is 2.14. The van der Waals surface area contributed by atoms with E-state index in [2.05, 4.69) is 0 Å². The molecule has 0 aromatic carbocycles. The van der Waals surface area contributed by atoms with Crippen LogP contribution < -0.4 is 11.5 Å². The van der Waals surface area contributed by atoms with Gasteiger partial charge in [0.05, 0.1) is 5.92 Å². The highest BCUT2D eigenvalue weighted by Gasteiger charge is 2.33. The lowest BCUT2D eigenvalue weighted by Gasteiger charge is -2.31. The number of hydrogen-bond donors (Lipinski definition) is 2. The maximum atomic E-state index is 12.0. The highest BCUT2D eigenvalue weighted by molar-refractivity contribution is 5.76. The van der Waals surface area contributed by atoms with Crippen LogP contribution in [-0.2, 0) is 9.53 Å². The molecule has 92 valence electrons. The maximum Gasteiger partial charge on any atom is 0.313 e. The van der Waals surface area contributed by atoms with Crippen molar-refractivity contribution in [3.63, 3.8) is 0 Å². The summed E-state index contributed by atoms with van der Waals surface area (Å²) in [5.74, 6) is -0.465. The zero-order valence-corrected chi connectivity index (χ0v) is 10.3. The monoisotopic (exact) mass is 226 g/mol. The van der Waals surface area contributed by atoms with Crippen LogP contribution in [0.15, 0.2) is 11.8 Å². The van der Waals surface area contributed by atoms with E-state index in [0.717, 1.165) is 24.8 Å². The van der Waals surface area contributed by atoms with E-state index in [-0.39, 0.29) is 17.9 Å². The average molecular weight is 226 g/mol. The van der Waals surface area contributed by atoms with Gasteiger partial charge < -0.3 is 16.2 Å². The second kappa shape index (κ2) is 4.87. The minimum Gasteiger partial charge on any atom is -0.460 e. The predicted octanol–water partition coefficient (Wildman–Crippen LogP) is 1.30. The Morgan fingerprint density at radius 1 is 1.44 bits per heavy atom. The molecule has 0 aromatic rings. The third-order valence-electron chi connectivity index (χ3n) is 2.72. The molecule has 4 nitrogen and oxygen atoms in total. The summed E-state index contributed by atoms with van der Waals surface area (Å²) >= 11 is 0. The Balaban J connectivity index is 2.74. The summed E-state index contributed by atoms with van der Waals surface area (Å²) in [6.07, 6.45) is 4.09. The van der Waals surface area contributed by atoms with Crippen LogP contribution in [0, 0.1) is 5.92 Å². The largest absolute Gasteiger partial charge is 0.460 e. The first kappa shape index (κ1) is 13.0. The SMILES string of the molecule is CC(C)(C)OC(=O)C1CCCC(N)C1=CN. The molecule has 0 saturated heterocycles. The van der Waals surface area contributed by atoms with Crippen molar-refractivity contribution in [2.24, 2.45) is 17.4 Å². The van der Waals surface area contributed by atoms with Crippen LogP contribution in [-0.4, -0.2) is 17.6 Å². The van der Waals surface area contributed by atoms with E-state index in [1.54, 1.807) is 0 Å². The van der Waals surface area contributed by atoms with Gasteiger partial charge in [0, 0.05) is 6.04 Å². The molecule has 1 rings (SSSR count). The highest BCUT2D eigenvalue weighted by Crippen LogP contribution is 2.30. The first-order valence-corrected chi connectivity index (χ1v) is 5.75. The molecule has 0 aromatic heterocycles. The number of nitrogens with two attached hydrogens (primary N) is 2. The van der Waals surface area contributed by atoms with Crippen molar-refractivity contribution in [3.8, 4) is 0 Å². The van der Waals surface area contributed by atoms with Crippen LogP contribution in [0.25, 0.3) is 0 Å². The summed E-state index contributed by atoms with van der Waals surface area (Å²) < 4.78 is 5.37. The van der Waals surface area contributed by atoms with Crippen LogP contribution in [0.2, 0.25) is 0 Å². The van der Waals surface area contributed by atoms with Gasteiger partial charge in [-0.3, -0.25) is 4.79 Å². The summed E-state index contributed by atoms with van der Waals surface area (Å²) in [6, 6.07) is -0.101. The van der Waals surface area contributed by atoms with Crippen molar-refractivity contribution < 1.29 is 9.53 Å². The fraction of sp³-hybridized carbons (Fsp3) is 0.750. The normalized spacial score (nSPS) is 29.1. The first-order valence-electron chi connectivity index (χ1n) is 5.75. The molecule has 0 bridgehead atoms. The van der Waals surface area contributed by atoms with Crippen molar-refractivity contribution in [3.05, 3.63) is 11.8 Å². The van der Waals surface area contributed by atoms with Gasteiger partial charge in [0.1, 0.15) is 5.60 Å². The number of hydrogen-bond acceptors (Lipinski definition) is 4. The summed E-state index contributed by atoms with van der Waals surface area (Å²) in [7, 11) is 0. The van der Waals surface area contributed by atoms with Gasteiger partial charge in [0.25, 0.3) is 0 Å². The van der Waals surface area contributed by atoms with E-state index < -0.39 is 5.60 Å². The lowest BCUT2D eigenvalue weighted by Crippen LogP contribution is -2.38. The molecule has 2 unspecified atom stereocenters. The van der Waals surface area contributed by atoms with Crippen LogP contribution in [0.1, 0.15) is 40.0 Å². The smallest absolute Gasteiger partial charge is 0.313 e. The third kappa shape index (κ3) is 3.23. The standard InChI is InChI=1S/C12H22N2O2/c1-12(2,3)16-11(15)8-5-4-6-10(14)9(8)7-13/h7-8,10H,4-6,13-14H2,1-3H3. The lowest BCUT2D eigenvalue weighted by atomic mass is 9.81. The second-order valence-electron chi connectivity index (χ2n) is 5.29. The molecule has 2 atom stereocenters. The van der Waals surface area contributed by atoms with Gasteiger partial charge in [-0.15, -0.1) is 0 Å². The van der Waals surface area contributed by atoms with E-state index in [0.29, 0.717) is 0 Å². The minimum atomic E-state index is -0.460. The number of ether oxygens (including phenoxy) is 1. The Morgan fingerprint density at radius 2 is 2.06 bits per heavy atom. The molecule has 0 amide bonds. The van der Waals surface area contributed by atoms with Crippen LogP contribution >= 0.6 is 0 Å². The molecular formula is C12H22N2O2. The Hall–Kier alpha value is -1.03. The highest BCUT2D eigenvalue weighted by atomic mass is 16.6. The Morgan fingerprint density at radius 3 is 2.56 bits per heavy atom. The molecule has 4 heteroatoms. The van der Waals surface area contributed by atoms with Crippen LogP contribution in [0.4, 0.5) is 0 Å². The van der Waals surface area contributed by atoms with Gasteiger partial charge in [0.2, 0.25) is 0 Å². The molecule has 1 aliphatic carbocycles. The molecule has 1 saturated carbocycles. The number of carbonyl (C=O) groups is 1. The molecule has 1 aliphatic rings. The summed E-state index contributed by atoms with van der Waals surface area (Å²) in [5, 5.41) is 0.